The van der Waals surface area contributed by atoms with Gasteiger partial charge in [-0.15, -0.1) is 0 Å². The largest absolute Gasteiger partial charge is 0.441 e. The van der Waals surface area contributed by atoms with Crippen molar-refractivity contribution in [3.05, 3.63) is 108 Å². The maximum Gasteiger partial charge on any atom is 0.251 e. The van der Waals surface area contributed by atoms with E-state index in [1.54, 1.807) is 54.6 Å². The Balaban J connectivity index is 1.41. The Hall–Kier alpha value is -4.26. The molecule has 6 nitrogen and oxygen atoms in total. The van der Waals surface area contributed by atoms with Crippen molar-refractivity contribution in [2.75, 3.05) is 5.32 Å². The van der Waals surface area contributed by atoms with Gasteiger partial charge in [0.2, 0.25) is 5.91 Å². The minimum absolute atomic E-state index is 0.0547. The second-order valence-electron chi connectivity index (χ2n) is 7.36. The number of oxazole rings is 1. The van der Waals surface area contributed by atoms with Crippen LogP contribution in [0.2, 0.25) is 0 Å². The van der Waals surface area contributed by atoms with Gasteiger partial charge in [0, 0.05) is 18.5 Å². The van der Waals surface area contributed by atoms with Gasteiger partial charge in [-0.3, -0.25) is 9.59 Å². The zero-order chi connectivity index (χ0) is 23.0. The minimum Gasteiger partial charge on any atom is -0.441 e. The number of rotatable bonds is 8. The summed E-state index contributed by atoms with van der Waals surface area (Å²) in [5.41, 5.74) is 1.61. The monoisotopic (exact) mass is 443 g/mol. The quantitative estimate of drug-likeness (QED) is 0.405. The summed E-state index contributed by atoms with van der Waals surface area (Å²) in [6.07, 6.45) is 1.70. The van der Waals surface area contributed by atoms with E-state index in [2.05, 4.69) is 15.6 Å². The number of aromatic nitrogens is 1. The molecule has 7 heteroatoms. The van der Waals surface area contributed by atoms with Gasteiger partial charge in [0.1, 0.15) is 11.9 Å². The first-order chi connectivity index (χ1) is 16.1. The molecule has 0 aliphatic rings. The van der Waals surface area contributed by atoms with Crippen LogP contribution in [0.4, 0.5) is 10.1 Å². The molecule has 0 bridgehead atoms. The van der Waals surface area contributed by atoms with E-state index in [-0.39, 0.29) is 24.7 Å². The number of carbonyl (C=O) groups excluding carboxylic acids is 2. The van der Waals surface area contributed by atoms with Crippen molar-refractivity contribution in [2.45, 2.75) is 18.9 Å². The maximum atomic E-state index is 13.9. The van der Waals surface area contributed by atoms with Crippen LogP contribution in [0.3, 0.4) is 0 Å². The van der Waals surface area contributed by atoms with Crippen LogP contribution in [0.5, 0.6) is 0 Å². The van der Waals surface area contributed by atoms with Crippen LogP contribution in [0, 0.1) is 5.82 Å². The van der Waals surface area contributed by atoms with E-state index < -0.39 is 11.9 Å². The number of anilines is 1. The Morgan fingerprint density at radius 3 is 2.30 bits per heavy atom. The predicted octanol–water partition coefficient (Wildman–Crippen LogP) is 4.91. The summed E-state index contributed by atoms with van der Waals surface area (Å²) in [6, 6.07) is 23.4. The number of para-hydroxylation sites is 1. The number of hydrogen-bond acceptors (Lipinski definition) is 4. The van der Waals surface area contributed by atoms with Crippen LogP contribution in [0.25, 0.3) is 11.3 Å². The summed E-state index contributed by atoms with van der Waals surface area (Å²) in [7, 11) is 0. The lowest BCUT2D eigenvalue weighted by Crippen LogP contribution is -2.37. The van der Waals surface area contributed by atoms with Gasteiger partial charge >= 0.3 is 0 Å². The second-order valence-corrected chi connectivity index (χ2v) is 7.36. The van der Waals surface area contributed by atoms with Gasteiger partial charge in [0.25, 0.3) is 5.91 Å². The van der Waals surface area contributed by atoms with Gasteiger partial charge in [0.05, 0.1) is 11.8 Å². The third-order valence-electron chi connectivity index (χ3n) is 5.00. The number of halogens is 1. The topological polar surface area (TPSA) is 84.2 Å². The molecule has 0 spiro atoms. The van der Waals surface area contributed by atoms with E-state index in [0.717, 1.165) is 0 Å². The molecule has 2 N–H and O–H groups in total. The van der Waals surface area contributed by atoms with E-state index >= 15 is 0 Å². The molecule has 0 aliphatic heterocycles. The lowest BCUT2D eigenvalue weighted by Gasteiger charge is -2.19. The van der Waals surface area contributed by atoms with Gasteiger partial charge < -0.3 is 15.1 Å². The Bertz CT molecular complexity index is 1230. The molecule has 4 aromatic rings. The van der Waals surface area contributed by atoms with Crippen LogP contribution in [-0.4, -0.2) is 16.8 Å². The van der Waals surface area contributed by atoms with Crippen molar-refractivity contribution in [1.29, 1.82) is 0 Å². The van der Waals surface area contributed by atoms with Crippen LogP contribution in [0.1, 0.15) is 23.9 Å². The second kappa shape index (κ2) is 10.4. The van der Waals surface area contributed by atoms with E-state index in [1.165, 1.54) is 12.3 Å². The summed E-state index contributed by atoms with van der Waals surface area (Å²) in [4.78, 5) is 29.7. The van der Waals surface area contributed by atoms with E-state index in [4.69, 9.17) is 4.42 Å². The standard InChI is InChI=1S/C26H22FN3O3/c27-21-14-8-7-13-20(21)22-17-28-24(33-22)16-15-23(31)30-25(18-9-3-1-4-10-18)26(32)29-19-11-5-2-6-12-19/h1-14,17,25H,15-16H2,(H,29,32)(H,30,31). The number of aryl methyl sites for hydroxylation is 1. The highest BCUT2D eigenvalue weighted by Gasteiger charge is 2.23. The molecule has 0 saturated carbocycles. The summed E-state index contributed by atoms with van der Waals surface area (Å²) in [5.74, 6) is -0.481. The molecule has 0 aliphatic carbocycles. The molecule has 33 heavy (non-hydrogen) atoms. The fourth-order valence-corrected chi connectivity index (χ4v) is 3.35. The third-order valence-corrected chi connectivity index (χ3v) is 5.00. The Morgan fingerprint density at radius 1 is 0.909 bits per heavy atom. The van der Waals surface area contributed by atoms with Crippen LogP contribution in [-0.2, 0) is 16.0 Å². The molecule has 0 radical (unpaired) electrons. The minimum atomic E-state index is -0.863. The Kier molecular flexibility index (Phi) is 6.90. The van der Waals surface area contributed by atoms with Crippen molar-refractivity contribution < 1.29 is 18.4 Å². The van der Waals surface area contributed by atoms with Gasteiger partial charge in [-0.05, 0) is 29.8 Å². The summed E-state index contributed by atoms with van der Waals surface area (Å²) >= 11 is 0. The third kappa shape index (κ3) is 5.71. The molecule has 1 unspecified atom stereocenters. The van der Waals surface area contributed by atoms with E-state index in [0.29, 0.717) is 28.5 Å². The first kappa shape index (κ1) is 22.0. The number of benzene rings is 3. The van der Waals surface area contributed by atoms with Crippen LogP contribution >= 0.6 is 0 Å². The molecule has 0 saturated heterocycles. The smallest absolute Gasteiger partial charge is 0.251 e. The molecule has 1 atom stereocenters. The number of carbonyl (C=O) groups is 2. The average Bonchev–Trinajstić information content (AvgIpc) is 3.31. The molecule has 1 heterocycles. The van der Waals surface area contributed by atoms with Gasteiger partial charge in [0.15, 0.2) is 11.7 Å². The number of nitrogens with zero attached hydrogens (tertiary/aromatic N) is 1. The van der Waals surface area contributed by atoms with Crippen LogP contribution < -0.4 is 10.6 Å². The lowest BCUT2D eigenvalue weighted by atomic mass is 10.1. The normalized spacial score (nSPS) is 11.5. The molecule has 2 amide bonds. The Labute approximate surface area is 190 Å². The number of nitrogens with one attached hydrogen (secondary N) is 2. The highest BCUT2D eigenvalue weighted by Crippen LogP contribution is 2.24. The predicted molar refractivity (Wildman–Crippen MR) is 123 cm³/mol. The van der Waals surface area contributed by atoms with Gasteiger partial charge in [-0.25, -0.2) is 9.37 Å². The first-order valence-electron chi connectivity index (χ1n) is 10.5. The first-order valence-corrected chi connectivity index (χ1v) is 10.5. The molecule has 1 aromatic heterocycles. The summed E-state index contributed by atoms with van der Waals surface area (Å²) in [6.45, 7) is 0. The van der Waals surface area contributed by atoms with Crippen molar-refractivity contribution in [3.63, 3.8) is 0 Å². The van der Waals surface area contributed by atoms with Crippen molar-refractivity contribution in [3.8, 4) is 11.3 Å². The van der Waals surface area contributed by atoms with Gasteiger partial charge in [-0.1, -0.05) is 60.7 Å². The van der Waals surface area contributed by atoms with Crippen LogP contribution in [0.15, 0.2) is 95.5 Å². The fraction of sp³-hybridized carbons (Fsp3) is 0.115. The van der Waals surface area contributed by atoms with Gasteiger partial charge in [-0.2, -0.15) is 0 Å². The molecule has 4 rings (SSSR count). The summed E-state index contributed by atoms with van der Waals surface area (Å²) < 4.78 is 19.6. The van der Waals surface area contributed by atoms with E-state index in [9.17, 15) is 14.0 Å². The lowest BCUT2D eigenvalue weighted by molar-refractivity contribution is -0.126. The van der Waals surface area contributed by atoms with Crippen molar-refractivity contribution >= 4 is 17.5 Å². The zero-order valence-corrected chi connectivity index (χ0v) is 17.7. The number of amides is 2. The van der Waals surface area contributed by atoms with Crippen molar-refractivity contribution in [1.82, 2.24) is 10.3 Å². The molecule has 3 aromatic carbocycles. The van der Waals surface area contributed by atoms with E-state index in [1.807, 2.05) is 24.3 Å². The average molecular weight is 443 g/mol. The molecular weight excluding hydrogens is 421 g/mol. The highest BCUT2D eigenvalue weighted by atomic mass is 19.1. The number of hydrogen-bond donors (Lipinski definition) is 2. The molecule has 166 valence electrons. The Morgan fingerprint density at radius 2 is 1.58 bits per heavy atom. The molecule has 0 fully saturated rings. The summed E-state index contributed by atoms with van der Waals surface area (Å²) in [5, 5.41) is 5.62. The zero-order valence-electron chi connectivity index (χ0n) is 17.7. The SMILES string of the molecule is O=C(CCc1ncc(-c2ccccc2F)o1)NC(C(=O)Nc1ccccc1)c1ccccc1. The maximum absolute atomic E-state index is 13.9. The van der Waals surface area contributed by atoms with Crippen molar-refractivity contribution in [2.24, 2.45) is 0 Å². The highest BCUT2D eigenvalue weighted by molar-refractivity contribution is 5.97. The molecular formula is C26H22FN3O3. The fourth-order valence-electron chi connectivity index (χ4n) is 3.35.